The molecule has 0 unspecified atom stereocenters. The number of nitrogen functional groups attached to an aromatic ring is 1. The van der Waals surface area contributed by atoms with Crippen LogP contribution in [0.4, 0.5) is 11.4 Å². The maximum atomic E-state index is 11.9. The molecular formula is C17H17N3O3. The van der Waals surface area contributed by atoms with Gasteiger partial charge in [-0.3, -0.25) is 19.7 Å². The van der Waals surface area contributed by atoms with Crippen molar-refractivity contribution in [2.24, 2.45) is 0 Å². The topological polar surface area (TPSA) is 101 Å². The minimum absolute atomic E-state index is 0.243. The number of aryl methyl sites for hydroxylation is 2. The summed E-state index contributed by atoms with van der Waals surface area (Å²) in [7, 11) is 0. The molecule has 0 saturated heterocycles. The van der Waals surface area contributed by atoms with Gasteiger partial charge >= 0.3 is 11.8 Å². The van der Waals surface area contributed by atoms with Crippen molar-refractivity contribution in [2.45, 2.75) is 13.8 Å². The zero-order valence-electron chi connectivity index (χ0n) is 12.8. The van der Waals surface area contributed by atoms with Crippen molar-refractivity contribution in [1.29, 1.82) is 0 Å². The molecule has 0 aliphatic heterocycles. The summed E-state index contributed by atoms with van der Waals surface area (Å²) in [5, 5.41) is 4.56. The third kappa shape index (κ3) is 3.94. The van der Waals surface area contributed by atoms with Crippen molar-refractivity contribution in [3.05, 3.63) is 59.2 Å². The van der Waals surface area contributed by atoms with Crippen molar-refractivity contribution < 1.29 is 14.4 Å². The molecule has 0 saturated carbocycles. The van der Waals surface area contributed by atoms with Gasteiger partial charge in [0.05, 0.1) is 0 Å². The van der Waals surface area contributed by atoms with Crippen LogP contribution in [0.2, 0.25) is 0 Å². The number of amides is 3. The quantitative estimate of drug-likeness (QED) is 0.581. The fraction of sp³-hybridized carbons (Fsp3) is 0.118. The highest BCUT2D eigenvalue weighted by Gasteiger charge is 2.19. The summed E-state index contributed by atoms with van der Waals surface area (Å²) < 4.78 is 0. The zero-order chi connectivity index (χ0) is 17.0. The van der Waals surface area contributed by atoms with Gasteiger partial charge in [-0.1, -0.05) is 18.2 Å². The smallest absolute Gasteiger partial charge is 0.316 e. The summed E-state index contributed by atoms with van der Waals surface area (Å²) in [4.78, 5) is 35.7. The summed E-state index contributed by atoms with van der Waals surface area (Å²) in [5.41, 5.74) is 8.49. The van der Waals surface area contributed by atoms with Crippen LogP contribution in [-0.4, -0.2) is 17.7 Å². The molecule has 3 amide bonds. The number of para-hydroxylation sites is 1. The highest BCUT2D eigenvalue weighted by atomic mass is 16.2. The monoisotopic (exact) mass is 311 g/mol. The number of imide groups is 1. The molecule has 0 spiro atoms. The van der Waals surface area contributed by atoms with E-state index < -0.39 is 17.7 Å². The fourth-order valence-corrected chi connectivity index (χ4v) is 2.05. The molecule has 0 radical (unpaired) electrons. The highest BCUT2D eigenvalue weighted by molar-refractivity contribution is 6.42. The summed E-state index contributed by atoms with van der Waals surface area (Å²) >= 11 is 0. The zero-order valence-corrected chi connectivity index (χ0v) is 12.8. The molecule has 0 fully saturated rings. The van der Waals surface area contributed by atoms with Crippen LogP contribution < -0.4 is 16.4 Å². The van der Waals surface area contributed by atoms with E-state index >= 15 is 0 Å². The van der Waals surface area contributed by atoms with Gasteiger partial charge in [0.15, 0.2) is 0 Å². The maximum absolute atomic E-state index is 11.9. The van der Waals surface area contributed by atoms with Crippen molar-refractivity contribution in [2.75, 3.05) is 11.1 Å². The number of benzene rings is 2. The van der Waals surface area contributed by atoms with Crippen molar-refractivity contribution in [3.8, 4) is 0 Å². The molecule has 6 heteroatoms. The first-order valence-electron chi connectivity index (χ1n) is 6.97. The van der Waals surface area contributed by atoms with Crippen LogP contribution in [0.25, 0.3) is 0 Å². The van der Waals surface area contributed by atoms with Crippen LogP contribution in [0.15, 0.2) is 42.5 Å². The van der Waals surface area contributed by atoms with E-state index in [0.717, 1.165) is 11.1 Å². The molecular weight excluding hydrogens is 294 g/mol. The largest absolute Gasteiger partial charge is 0.399 e. The SMILES string of the molecule is Cc1cccc(C)c1NC(=O)C(=O)NC(=O)c1ccc(N)cc1. The van der Waals surface area contributed by atoms with Gasteiger partial charge in [0, 0.05) is 16.9 Å². The third-order valence-corrected chi connectivity index (χ3v) is 3.33. The van der Waals surface area contributed by atoms with E-state index in [1.54, 1.807) is 0 Å². The Kier molecular flexibility index (Phi) is 4.75. The second-order valence-electron chi connectivity index (χ2n) is 5.13. The van der Waals surface area contributed by atoms with Gasteiger partial charge in [-0.25, -0.2) is 0 Å². The van der Waals surface area contributed by atoms with E-state index in [9.17, 15) is 14.4 Å². The van der Waals surface area contributed by atoms with Gasteiger partial charge < -0.3 is 11.1 Å². The predicted octanol–water partition coefficient (Wildman–Crippen LogP) is 1.78. The van der Waals surface area contributed by atoms with Crippen LogP contribution >= 0.6 is 0 Å². The van der Waals surface area contributed by atoms with Crippen LogP contribution in [0.5, 0.6) is 0 Å². The fourth-order valence-electron chi connectivity index (χ4n) is 2.05. The van der Waals surface area contributed by atoms with E-state index in [4.69, 9.17) is 5.73 Å². The van der Waals surface area contributed by atoms with Gasteiger partial charge in [-0.2, -0.15) is 0 Å². The molecule has 2 aromatic carbocycles. The number of hydrogen-bond acceptors (Lipinski definition) is 4. The van der Waals surface area contributed by atoms with Crippen molar-refractivity contribution >= 4 is 29.1 Å². The summed E-state index contributed by atoms with van der Waals surface area (Å²) in [6.07, 6.45) is 0. The minimum atomic E-state index is -1.02. The van der Waals surface area contributed by atoms with Crippen molar-refractivity contribution in [1.82, 2.24) is 5.32 Å². The molecule has 0 aromatic heterocycles. The standard InChI is InChI=1S/C17H17N3O3/c1-10-4-3-5-11(2)14(10)19-16(22)17(23)20-15(21)12-6-8-13(18)9-7-12/h3-9H,18H2,1-2H3,(H,19,22)(H,20,21,23). The highest BCUT2D eigenvalue weighted by Crippen LogP contribution is 2.19. The first kappa shape index (κ1) is 16.2. The Labute approximate surface area is 133 Å². The normalized spacial score (nSPS) is 10.0. The molecule has 0 aliphatic carbocycles. The van der Waals surface area contributed by atoms with Gasteiger partial charge in [-0.15, -0.1) is 0 Å². The first-order chi connectivity index (χ1) is 10.9. The van der Waals surface area contributed by atoms with Gasteiger partial charge in [0.25, 0.3) is 5.91 Å². The number of carbonyl (C=O) groups excluding carboxylic acids is 3. The lowest BCUT2D eigenvalue weighted by molar-refractivity contribution is -0.135. The average Bonchev–Trinajstić information content (AvgIpc) is 2.51. The van der Waals surface area contributed by atoms with Gasteiger partial charge in [0.1, 0.15) is 0 Å². The molecule has 0 aliphatic rings. The lowest BCUT2D eigenvalue weighted by atomic mass is 10.1. The first-order valence-corrected chi connectivity index (χ1v) is 6.97. The van der Waals surface area contributed by atoms with E-state index in [-0.39, 0.29) is 5.56 Å². The molecule has 0 bridgehead atoms. The Morgan fingerprint density at radius 2 is 1.43 bits per heavy atom. The summed E-state index contributed by atoms with van der Waals surface area (Å²) in [6, 6.07) is 11.5. The van der Waals surface area contributed by atoms with Crippen LogP contribution in [-0.2, 0) is 9.59 Å². The second kappa shape index (κ2) is 6.74. The number of anilines is 2. The maximum Gasteiger partial charge on any atom is 0.316 e. The lowest BCUT2D eigenvalue weighted by Gasteiger charge is -2.11. The number of nitrogens with two attached hydrogens (primary N) is 1. The predicted molar refractivity (Wildman–Crippen MR) is 87.9 cm³/mol. The number of carbonyl (C=O) groups is 3. The van der Waals surface area contributed by atoms with Gasteiger partial charge in [-0.05, 0) is 49.2 Å². The second-order valence-corrected chi connectivity index (χ2v) is 5.13. The minimum Gasteiger partial charge on any atom is -0.399 e. The number of hydrogen-bond donors (Lipinski definition) is 3. The van der Waals surface area contributed by atoms with Crippen LogP contribution in [0.1, 0.15) is 21.5 Å². The van der Waals surface area contributed by atoms with E-state index in [1.165, 1.54) is 24.3 Å². The van der Waals surface area contributed by atoms with Gasteiger partial charge in [0.2, 0.25) is 0 Å². The molecule has 23 heavy (non-hydrogen) atoms. The van der Waals surface area contributed by atoms with E-state index in [0.29, 0.717) is 11.4 Å². The number of rotatable bonds is 2. The summed E-state index contributed by atoms with van der Waals surface area (Å²) in [6.45, 7) is 3.64. The number of nitrogens with one attached hydrogen (secondary N) is 2. The van der Waals surface area contributed by atoms with Crippen LogP contribution in [0, 0.1) is 13.8 Å². The summed E-state index contributed by atoms with van der Waals surface area (Å²) in [5.74, 6) is -2.58. The third-order valence-electron chi connectivity index (χ3n) is 3.33. The Hall–Kier alpha value is -3.15. The molecule has 0 heterocycles. The molecule has 2 aromatic rings. The molecule has 2 rings (SSSR count). The Morgan fingerprint density at radius 1 is 0.870 bits per heavy atom. The average molecular weight is 311 g/mol. The Morgan fingerprint density at radius 3 is 2.00 bits per heavy atom. The molecule has 0 atom stereocenters. The lowest BCUT2D eigenvalue weighted by Crippen LogP contribution is -2.39. The van der Waals surface area contributed by atoms with E-state index in [2.05, 4.69) is 5.32 Å². The Bertz CT molecular complexity index is 747. The molecule has 4 N–H and O–H groups in total. The van der Waals surface area contributed by atoms with E-state index in [1.807, 2.05) is 37.4 Å². The molecule has 6 nitrogen and oxygen atoms in total. The Balaban J connectivity index is 2.04. The van der Waals surface area contributed by atoms with Crippen LogP contribution in [0.3, 0.4) is 0 Å². The van der Waals surface area contributed by atoms with Crippen molar-refractivity contribution in [3.63, 3.8) is 0 Å². The molecule has 118 valence electrons.